The van der Waals surface area contributed by atoms with Crippen LogP contribution in [0.15, 0.2) is 48.0 Å². The fourth-order valence-electron chi connectivity index (χ4n) is 5.35. The van der Waals surface area contributed by atoms with Crippen molar-refractivity contribution in [3.63, 3.8) is 0 Å². The Morgan fingerprint density at radius 3 is 1.88 bits per heavy atom. The van der Waals surface area contributed by atoms with E-state index in [4.69, 9.17) is 9.47 Å². The first kappa shape index (κ1) is 36.9. The molecule has 5 rings (SSSR count). The quantitative estimate of drug-likeness (QED) is 0.346. The SMILES string of the molecule is C/C=C1\CCCOC1.CC.CC.CC(C)c1ccc2c(c1)CCCC2N(C)C.CC(C)c1ccc2c(c1)CCCO2. The van der Waals surface area contributed by atoms with Gasteiger partial charge in [0.05, 0.1) is 13.2 Å². The molecule has 0 aromatic heterocycles. The van der Waals surface area contributed by atoms with Gasteiger partial charge in [-0.3, -0.25) is 0 Å². The first-order chi connectivity index (χ1) is 19.8. The van der Waals surface area contributed by atoms with Gasteiger partial charge in [-0.05, 0) is 117 Å². The second kappa shape index (κ2) is 20.7. The van der Waals surface area contributed by atoms with Gasteiger partial charge in [-0.25, -0.2) is 0 Å². The van der Waals surface area contributed by atoms with Crippen LogP contribution in [0.2, 0.25) is 0 Å². The van der Waals surface area contributed by atoms with E-state index in [1.807, 2.05) is 27.7 Å². The highest BCUT2D eigenvalue weighted by atomic mass is 16.5. The summed E-state index contributed by atoms with van der Waals surface area (Å²) in [6, 6.07) is 14.3. The number of nitrogens with zero attached hydrogens (tertiary/aromatic N) is 1. The molecule has 41 heavy (non-hydrogen) atoms. The summed E-state index contributed by atoms with van der Waals surface area (Å²) in [4.78, 5) is 2.35. The predicted octanol–water partition coefficient (Wildman–Crippen LogP) is 10.7. The van der Waals surface area contributed by atoms with Crippen LogP contribution in [0.1, 0.15) is 140 Å². The van der Waals surface area contributed by atoms with Gasteiger partial charge in [-0.2, -0.15) is 0 Å². The van der Waals surface area contributed by atoms with Crippen molar-refractivity contribution in [2.24, 2.45) is 0 Å². The minimum Gasteiger partial charge on any atom is -0.493 e. The van der Waals surface area contributed by atoms with E-state index < -0.39 is 0 Å². The molecule has 1 fully saturated rings. The zero-order valence-corrected chi connectivity index (χ0v) is 28.6. The lowest BCUT2D eigenvalue weighted by Gasteiger charge is -2.31. The Balaban J connectivity index is 0.000000302. The van der Waals surface area contributed by atoms with Gasteiger partial charge in [-0.1, -0.05) is 91.8 Å². The lowest BCUT2D eigenvalue weighted by Crippen LogP contribution is -2.24. The molecule has 0 spiro atoms. The normalized spacial score (nSPS) is 18.2. The Morgan fingerprint density at radius 2 is 1.34 bits per heavy atom. The molecule has 0 bridgehead atoms. The molecule has 2 aliphatic heterocycles. The van der Waals surface area contributed by atoms with Crippen molar-refractivity contribution in [1.82, 2.24) is 4.90 Å². The zero-order valence-electron chi connectivity index (χ0n) is 28.6. The van der Waals surface area contributed by atoms with E-state index in [0.717, 1.165) is 32.0 Å². The van der Waals surface area contributed by atoms with Gasteiger partial charge in [-0.15, -0.1) is 0 Å². The maximum absolute atomic E-state index is 5.56. The highest BCUT2D eigenvalue weighted by Gasteiger charge is 2.22. The average molecular weight is 566 g/mol. The molecule has 3 nitrogen and oxygen atoms in total. The van der Waals surface area contributed by atoms with Crippen molar-refractivity contribution in [1.29, 1.82) is 0 Å². The summed E-state index contributed by atoms with van der Waals surface area (Å²) in [5.41, 5.74) is 8.88. The van der Waals surface area contributed by atoms with E-state index in [0.29, 0.717) is 17.9 Å². The van der Waals surface area contributed by atoms with Crippen LogP contribution in [0, 0.1) is 0 Å². The number of allylic oxidation sites excluding steroid dienone is 1. The Bertz CT molecular complexity index is 997. The molecule has 3 heteroatoms. The summed E-state index contributed by atoms with van der Waals surface area (Å²) in [7, 11) is 4.38. The monoisotopic (exact) mass is 565 g/mol. The van der Waals surface area contributed by atoms with Gasteiger partial charge in [0.2, 0.25) is 0 Å². The van der Waals surface area contributed by atoms with E-state index >= 15 is 0 Å². The fraction of sp³-hybridized carbons (Fsp3) is 0.632. The van der Waals surface area contributed by atoms with Crippen LogP contribution in [0.3, 0.4) is 0 Å². The number of hydrogen-bond acceptors (Lipinski definition) is 3. The van der Waals surface area contributed by atoms with E-state index in [2.05, 4.69) is 96.1 Å². The highest BCUT2D eigenvalue weighted by molar-refractivity contribution is 5.39. The standard InChI is InChI=1S/C15H23N.C12H16O.C7H12O.2C2H6/c1-11(2)12-8-9-14-13(10-12)6-5-7-15(14)16(3)4;1-9(2)10-5-6-12-11(8-10)4-3-7-13-12;1-2-7-4-3-5-8-6-7;2*1-2/h8-11,15H,5-7H2,1-4H3;5-6,8-9H,3-4,7H2,1-2H3;2H,3-6H2,1H3;2*1-2H3/b;;7-2+;;. The van der Waals surface area contributed by atoms with Gasteiger partial charge in [0.25, 0.3) is 0 Å². The third-order valence-corrected chi connectivity index (χ3v) is 7.82. The van der Waals surface area contributed by atoms with Crippen molar-refractivity contribution in [3.8, 4) is 5.75 Å². The Hall–Kier alpha value is -2.10. The van der Waals surface area contributed by atoms with Crippen LogP contribution < -0.4 is 4.74 Å². The number of rotatable bonds is 3. The summed E-state index contributed by atoms with van der Waals surface area (Å²) < 4.78 is 10.8. The van der Waals surface area contributed by atoms with E-state index in [9.17, 15) is 0 Å². The molecule has 0 saturated carbocycles. The van der Waals surface area contributed by atoms with Gasteiger partial charge < -0.3 is 14.4 Å². The Morgan fingerprint density at radius 1 is 0.756 bits per heavy atom. The maximum atomic E-state index is 5.56. The Kier molecular flexibility index (Phi) is 18.7. The summed E-state index contributed by atoms with van der Waals surface area (Å²) in [6.07, 6.45) is 10.8. The number of aryl methyl sites for hydroxylation is 2. The smallest absolute Gasteiger partial charge is 0.122 e. The Labute approximate surface area is 254 Å². The second-order valence-electron chi connectivity index (χ2n) is 11.6. The number of ether oxygens (including phenoxy) is 2. The molecular weight excluding hydrogens is 502 g/mol. The minimum atomic E-state index is 0.618. The summed E-state index contributed by atoms with van der Waals surface area (Å²) in [5.74, 6) is 2.35. The minimum absolute atomic E-state index is 0.618. The predicted molar refractivity (Wildman–Crippen MR) is 181 cm³/mol. The molecule has 0 N–H and O–H groups in total. The first-order valence-corrected chi connectivity index (χ1v) is 16.6. The number of benzene rings is 2. The van der Waals surface area contributed by atoms with Crippen molar-refractivity contribution in [2.75, 3.05) is 33.9 Å². The average Bonchev–Trinajstić information content (AvgIpc) is 3.03. The summed E-state index contributed by atoms with van der Waals surface area (Å²) in [6.45, 7) is 21.8. The topological polar surface area (TPSA) is 21.7 Å². The van der Waals surface area contributed by atoms with Crippen LogP contribution in [-0.2, 0) is 17.6 Å². The van der Waals surface area contributed by atoms with Crippen molar-refractivity contribution in [2.45, 2.75) is 125 Å². The molecule has 1 atom stereocenters. The van der Waals surface area contributed by atoms with E-state index in [-0.39, 0.29) is 0 Å². The lowest BCUT2D eigenvalue weighted by atomic mass is 9.85. The van der Waals surface area contributed by atoms with Gasteiger partial charge >= 0.3 is 0 Å². The largest absolute Gasteiger partial charge is 0.493 e. The molecule has 0 amide bonds. The van der Waals surface area contributed by atoms with Crippen molar-refractivity contribution < 1.29 is 9.47 Å². The lowest BCUT2D eigenvalue weighted by molar-refractivity contribution is 0.130. The van der Waals surface area contributed by atoms with Gasteiger partial charge in [0, 0.05) is 12.6 Å². The van der Waals surface area contributed by atoms with Gasteiger partial charge in [0.1, 0.15) is 5.75 Å². The number of hydrogen-bond donors (Lipinski definition) is 0. The first-order valence-electron chi connectivity index (χ1n) is 16.6. The van der Waals surface area contributed by atoms with Crippen LogP contribution in [0.4, 0.5) is 0 Å². The van der Waals surface area contributed by atoms with Crippen LogP contribution in [0.5, 0.6) is 5.75 Å². The molecule has 1 saturated heterocycles. The van der Waals surface area contributed by atoms with Crippen molar-refractivity contribution in [3.05, 3.63) is 75.9 Å². The van der Waals surface area contributed by atoms with Crippen LogP contribution >= 0.6 is 0 Å². The zero-order chi connectivity index (χ0) is 30.8. The second-order valence-corrected chi connectivity index (χ2v) is 11.6. The van der Waals surface area contributed by atoms with Crippen LogP contribution in [-0.4, -0.2) is 38.8 Å². The van der Waals surface area contributed by atoms with Gasteiger partial charge in [0.15, 0.2) is 0 Å². The molecule has 1 unspecified atom stereocenters. The number of fused-ring (bicyclic) bond motifs is 2. The summed E-state index contributed by atoms with van der Waals surface area (Å²) >= 11 is 0. The molecule has 0 radical (unpaired) electrons. The van der Waals surface area contributed by atoms with E-state index in [1.165, 1.54) is 60.8 Å². The highest BCUT2D eigenvalue weighted by Crippen LogP contribution is 2.34. The van der Waals surface area contributed by atoms with E-state index in [1.54, 1.807) is 11.1 Å². The molecule has 2 heterocycles. The third kappa shape index (κ3) is 12.3. The molecule has 2 aromatic rings. The summed E-state index contributed by atoms with van der Waals surface area (Å²) in [5, 5.41) is 0. The fourth-order valence-corrected chi connectivity index (χ4v) is 5.35. The molecule has 232 valence electrons. The molecular formula is C38H63NO2. The molecule has 3 aliphatic rings. The van der Waals surface area contributed by atoms with Crippen LogP contribution in [0.25, 0.3) is 0 Å². The third-order valence-electron chi connectivity index (χ3n) is 7.82. The molecule has 2 aromatic carbocycles. The van der Waals surface area contributed by atoms with Crippen molar-refractivity contribution >= 4 is 0 Å². The molecule has 1 aliphatic carbocycles. The maximum Gasteiger partial charge on any atom is 0.122 e.